The second-order valence-corrected chi connectivity index (χ2v) is 6.61. The van der Waals surface area contributed by atoms with E-state index >= 15 is 0 Å². The highest BCUT2D eigenvalue weighted by Gasteiger charge is 2.24. The molecular weight excluding hydrogens is 228 g/mol. The number of carbonyl (C=O) groups excluding carboxylic acids is 1. The highest BCUT2D eigenvalue weighted by Crippen LogP contribution is 2.26. The van der Waals surface area contributed by atoms with Gasteiger partial charge in [0.15, 0.2) is 0 Å². The van der Waals surface area contributed by atoms with Crippen LogP contribution < -0.4 is 5.32 Å². The Labute approximate surface area is 111 Å². The standard InChI is InChI=1S/C14H28N2O2/c1-14(2,3)15-13(17)18-10-11-6-8-12(9-7-11)16(4)5/h11-12H,6-10H2,1-5H3,(H,15,17). The monoisotopic (exact) mass is 256 g/mol. The Morgan fingerprint density at radius 1 is 1.22 bits per heavy atom. The van der Waals surface area contributed by atoms with Crippen molar-refractivity contribution in [1.82, 2.24) is 10.2 Å². The molecule has 0 bridgehead atoms. The van der Waals surface area contributed by atoms with Crippen LogP contribution in [0.1, 0.15) is 46.5 Å². The van der Waals surface area contributed by atoms with Crippen LogP contribution in [0.25, 0.3) is 0 Å². The van der Waals surface area contributed by atoms with Gasteiger partial charge in [0.1, 0.15) is 0 Å². The van der Waals surface area contributed by atoms with E-state index in [1.165, 1.54) is 12.8 Å². The lowest BCUT2D eigenvalue weighted by molar-refractivity contribution is 0.0967. The second-order valence-electron chi connectivity index (χ2n) is 6.61. The van der Waals surface area contributed by atoms with E-state index in [1.807, 2.05) is 20.8 Å². The maximum Gasteiger partial charge on any atom is 0.407 e. The lowest BCUT2D eigenvalue weighted by atomic mass is 9.86. The van der Waals surface area contributed by atoms with Crippen LogP contribution in [0.5, 0.6) is 0 Å². The molecule has 0 spiro atoms. The minimum Gasteiger partial charge on any atom is -0.449 e. The van der Waals surface area contributed by atoms with Gasteiger partial charge in [0.2, 0.25) is 0 Å². The molecule has 0 unspecified atom stereocenters. The van der Waals surface area contributed by atoms with Crippen molar-refractivity contribution < 1.29 is 9.53 Å². The van der Waals surface area contributed by atoms with Gasteiger partial charge in [-0.1, -0.05) is 0 Å². The quantitative estimate of drug-likeness (QED) is 0.844. The molecule has 0 atom stereocenters. The Morgan fingerprint density at radius 3 is 2.22 bits per heavy atom. The number of alkyl carbamates (subject to hydrolysis) is 1. The average Bonchev–Trinajstić information content (AvgIpc) is 2.24. The molecule has 1 N–H and O–H groups in total. The largest absolute Gasteiger partial charge is 0.449 e. The lowest BCUT2D eigenvalue weighted by Crippen LogP contribution is -2.41. The number of ether oxygens (including phenoxy) is 1. The Balaban J connectivity index is 2.20. The van der Waals surface area contributed by atoms with E-state index < -0.39 is 0 Å². The first-order valence-corrected chi connectivity index (χ1v) is 6.89. The molecule has 0 heterocycles. The van der Waals surface area contributed by atoms with Crippen LogP contribution in [0, 0.1) is 5.92 Å². The molecule has 0 aromatic rings. The summed E-state index contributed by atoms with van der Waals surface area (Å²) in [5, 5.41) is 2.82. The van der Waals surface area contributed by atoms with Gasteiger partial charge in [0.05, 0.1) is 6.61 Å². The van der Waals surface area contributed by atoms with Crippen LogP contribution in [-0.2, 0) is 4.74 Å². The van der Waals surface area contributed by atoms with Crippen LogP contribution in [0.3, 0.4) is 0 Å². The van der Waals surface area contributed by atoms with Crippen molar-refractivity contribution in [2.24, 2.45) is 5.92 Å². The van der Waals surface area contributed by atoms with E-state index in [2.05, 4.69) is 24.3 Å². The number of amides is 1. The third-order valence-electron chi connectivity index (χ3n) is 3.47. The van der Waals surface area contributed by atoms with Crippen LogP contribution in [0.2, 0.25) is 0 Å². The molecule has 0 aromatic heterocycles. The van der Waals surface area contributed by atoms with E-state index in [-0.39, 0.29) is 11.6 Å². The number of nitrogens with one attached hydrogen (secondary N) is 1. The van der Waals surface area contributed by atoms with Crippen molar-refractivity contribution in [2.45, 2.75) is 58.0 Å². The summed E-state index contributed by atoms with van der Waals surface area (Å²) >= 11 is 0. The maximum absolute atomic E-state index is 11.5. The number of carbonyl (C=O) groups is 1. The molecule has 106 valence electrons. The molecule has 0 radical (unpaired) electrons. The van der Waals surface area contributed by atoms with Crippen molar-refractivity contribution in [2.75, 3.05) is 20.7 Å². The van der Waals surface area contributed by atoms with E-state index in [0.29, 0.717) is 18.6 Å². The van der Waals surface area contributed by atoms with Crippen LogP contribution in [0.15, 0.2) is 0 Å². The number of hydrogen-bond acceptors (Lipinski definition) is 3. The van der Waals surface area contributed by atoms with Gasteiger partial charge in [-0.05, 0) is 66.5 Å². The number of nitrogens with zero attached hydrogens (tertiary/aromatic N) is 1. The smallest absolute Gasteiger partial charge is 0.407 e. The minimum absolute atomic E-state index is 0.223. The van der Waals surface area contributed by atoms with E-state index in [0.717, 1.165) is 12.8 Å². The van der Waals surface area contributed by atoms with Crippen molar-refractivity contribution in [3.05, 3.63) is 0 Å². The SMILES string of the molecule is CN(C)C1CCC(COC(=O)NC(C)(C)C)CC1. The first kappa shape index (κ1) is 15.3. The molecule has 4 nitrogen and oxygen atoms in total. The predicted molar refractivity (Wildman–Crippen MR) is 73.7 cm³/mol. The second kappa shape index (κ2) is 6.41. The van der Waals surface area contributed by atoms with Crippen molar-refractivity contribution >= 4 is 6.09 Å². The van der Waals surface area contributed by atoms with Gasteiger partial charge in [-0.15, -0.1) is 0 Å². The fraction of sp³-hybridized carbons (Fsp3) is 0.929. The van der Waals surface area contributed by atoms with E-state index in [4.69, 9.17) is 4.74 Å². The summed E-state index contributed by atoms with van der Waals surface area (Å²) in [5.41, 5.74) is -0.223. The van der Waals surface area contributed by atoms with Crippen LogP contribution in [0.4, 0.5) is 4.79 Å². The Bertz CT molecular complexity index is 263. The molecule has 4 heteroatoms. The topological polar surface area (TPSA) is 41.6 Å². The normalized spacial score (nSPS) is 25.0. The zero-order chi connectivity index (χ0) is 13.8. The van der Waals surface area contributed by atoms with Gasteiger partial charge in [0, 0.05) is 11.6 Å². The van der Waals surface area contributed by atoms with Gasteiger partial charge < -0.3 is 15.0 Å². The highest BCUT2D eigenvalue weighted by atomic mass is 16.5. The lowest BCUT2D eigenvalue weighted by Gasteiger charge is -2.32. The van der Waals surface area contributed by atoms with Crippen molar-refractivity contribution in [3.8, 4) is 0 Å². The maximum atomic E-state index is 11.5. The summed E-state index contributed by atoms with van der Waals surface area (Å²) in [6, 6.07) is 0.699. The van der Waals surface area contributed by atoms with Crippen LogP contribution >= 0.6 is 0 Å². The summed E-state index contributed by atoms with van der Waals surface area (Å²) in [6.45, 7) is 6.42. The fourth-order valence-corrected chi connectivity index (χ4v) is 2.36. The van der Waals surface area contributed by atoms with Crippen LogP contribution in [-0.4, -0.2) is 43.3 Å². The summed E-state index contributed by atoms with van der Waals surface area (Å²) in [7, 11) is 4.27. The average molecular weight is 256 g/mol. The molecule has 1 aliphatic rings. The van der Waals surface area contributed by atoms with Gasteiger partial charge in [-0.25, -0.2) is 4.79 Å². The zero-order valence-electron chi connectivity index (χ0n) is 12.5. The fourth-order valence-electron chi connectivity index (χ4n) is 2.36. The molecule has 1 rings (SSSR count). The van der Waals surface area contributed by atoms with Crippen molar-refractivity contribution in [1.29, 1.82) is 0 Å². The first-order chi connectivity index (χ1) is 8.28. The summed E-state index contributed by atoms with van der Waals surface area (Å²) in [5.74, 6) is 0.534. The minimum atomic E-state index is -0.294. The number of hydrogen-bond donors (Lipinski definition) is 1. The third kappa shape index (κ3) is 5.71. The Morgan fingerprint density at radius 2 is 1.78 bits per heavy atom. The highest BCUT2D eigenvalue weighted by molar-refractivity contribution is 5.68. The Kier molecular flexibility index (Phi) is 5.45. The molecular formula is C14H28N2O2. The third-order valence-corrected chi connectivity index (χ3v) is 3.47. The molecule has 1 amide bonds. The van der Waals surface area contributed by atoms with Crippen molar-refractivity contribution in [3.63, 3.8) is 0 Å². The molecule has 1 fully saturated rings. The van der Waals surface area contributed by atoms with E-state index in [1.54, 1.807) is 0 Å². The number of rotatable bonds is 3. The molecule has 1 aliphatic carbocycles. The molecule has 0 aliphatic heterocycles. The van der Waals surface area contributed by atoms with Gasteiger partial charge >= 0.3 is 6.09 Å². The molecule has 0 saturated heterocycles. The first-order valence-electron chi connectivity index (χ1n) is 6.89. The molecule has 1 saturated carbocycles. The van der Waals surface area contributed by atoms with Gasteiger partial charge in [0.25, 0.3) is 0 Å². The summed E-state index contributed by atoms with van der Waals surface area (Å²) in [4.78, 5) is 13.8. The Hall–Kier alpha value is -0.770. The summed E-state index contributed by atoms with van der Waals surface area (Å²) in [6.07, 6.45) is 4.44. The molecule has 0 aromatic carbocycles. The zero-order valence-corrected chi connectivity index (χ0v) is 12.5. The predicted octanol–water partition coefficient (Wildman–Crippen LogP) is 2.63. The van der Waals surface area contributed by atoms with E-state index in [9.17, 15) is 4.79 Å². The van der Waals surface area contributed by atoms with Gasteiger partial charge in [-0.2, -0.15) is 0 Å². The summed E-state index contributed by atoms with van der Waals surface area (Å²) < 4.78 is 5.29. The van der Waals surface area contributed by atoms with Gasteiger partial charge in [-0.3, -0.25) is 0 Å². The molecule has 18 heavy (non-hydrogen) atoms.